The van der Waals surface area contributed by atoms with Crippen LogP contribution in [0.2, 0.25) is 0 Å². The van der Waals surface area contributed by atoms with Crippen LogP contribution in [-0.4, -0.2) is 35.0 Å². The van der Waals surface area contributed by atoms with E-state index in [2.05, 4.69) is 10.4 Å². The molecule has 7 heteroatoms. The average Bonchev–Trinajstić information content (AvgIpc) is 2.98. The predicted molar refractivity (Wildman–Crippen MR) is 93.5 cm³/mol. The number of phenolic OH excluding ortho intramolecular Hbond substituents is 1. The number of carbonyl (C=O) groups is 1. The van der Waals surface area contributed by atoms with Crippen LogP contribution in [0, 0.1) is 0 Å². The van der Waals surface area contributed by atoms with Crippen LogP contribution in [0.3, 0.4) is 0 Å². The van der Waals surface area contributed by atoms with Gasteiger partial charge in [0.05, 0.1) is 26.0 Å². The van der Waals surface area contributed by atoms with Crippen molar-refractivity contribution in [3.05, 3.63) is 29.5 Å². The summed E-state index contributed by atoms with van der Waals surface area (Å²) in [5.41, 5.74) is 1.51. The van der Waals surface area contributed by atoms with Crippen LogP contribution in [-0.2, 0) is 10.3 Å². The minimum Gasteiger partial charge on any atom is -0.502 e. The number of rotatable bonds is 3. The number of ether oxygens (including phenoxy) is 2. The first-order chi connectivity index (χ1) is 11.8. The quantitative estimate of drug-likeness (QED) is 0.893. The Kier molecular flexibility index (Phi) is 4.10. The number of hydrogen-bond donors (Lipinski definition) is 2. The minimum atomic E-state index is -0.257. The highest BCUT2D eigenvalue weighted by Crippen LogP contribution is 2.44. The lowest BCUT2D eigenvalue weighted by Gasteiger charge is -2.28. The summed E-state index contributed by atoms with van der Waals surface area (Å²) in [5, 5.41) is 17.5. The second-order valence-electron chi connectivity index (χ2n) is 7.11. The van der Waals surface area contributed by atoms with Gasteiger partial charge in [-0.15, -0.1) is 0 Å². The van der Waals surface area contributed by atoms with Gasteiger partial charge in [0.15, 0.2) is 11.5 Å². The molecule has 0 spiro atoms. The van der Waals surface area contributed by atoms with Crippen molar-refractivity contribution in [3.63, 3.8) is 0 Å². The maximum atomic E-state index is 12.3. The van der Waals surface area contributed by atoms with Gasteiger partial charge in [0, 0.05) is 17.9 Å². The summed E-state index contributed by atoms with van der Waals surface area (Å²) >= 11 is 0. The zero-order valence-corrected chi connectivity index (χ0v) is 15.1. The molecule has 0 bridgehead atoms. The number of anilines is 1. The summed E-state index contributed by atoms with van der Waals surface area (Å²) in [7, 11) is 2.96. The smallest absolute Gasteiger partial charge is 0.226 e. The lowest BCUT2D eigenvalue weighted by molar-refractivity contribution is -0.116. The van der Waals surface area contributed by atoms with Crippen molar-refractivity contribution in [3.8, 4) is 17.2 Å². The monoisotopic (exact) mass is 345 g/mol. The van der Waals surface area contributed by atoms with E-state index < -0.39 is 0 Å². The summed E-state index contributed by atoms with van der Waals surface area (Å²) in [6.45, 7) is 6.09. The molecule has 0 fully saturated rings. The first-order valence-corrected chi connectivity index (χ1v) is 8.09. The Labute approximate surface area is 146 Å². The van der Waals surface area contributed by atoms with E-state index in [9.17, 15) is 9.90 Å². The Morgan fingerprint density at radius 1 is 1.24 bits per heavy atom. The van der Waals surface area contributed by atoms with Gasteiger partial charge in [-0.2, -0.15) is 5.10 Å². The third-order valence-corrected chi connectivity index (χ3v) is 4.36. The molecule has 7 nitrogen and oxygen atoms in total. The largest absolute Gasteiger partial charge is 0.502 e. The molecular weight excluding hydrogens is 322 g/mol. The number of phenols is 1. The number of methoxy groups -OCH3 is 2. The number of benzene rings is 1. The predicted octanol–water partition coefficient (Wildman–Crippen LogP) is 2.84. The molecule has 0 aliphatic carbocycles. The molecule has 1 aliphatic rings. The van der Waals surface area contributed by atoms with Crippen molar-refractivity contribution in [2.45, 2.75) is 38.6 Å². The molecule has 0 radical (unpaired) electrons. The van der Waals surface area contributed by atoms with E-state index in [1.807, 2.05) is 25.5 Å². The second-order valence-corrected chi connectivity index (χ2v) is 7.11. The minimum absolute atomic E-state index is 0.0559. The van der Waals surface area contributed by atoms with Gasteiger partial charge in [-0.25, -0.2) is 4.68 Å². The van der Waals surface area contributed by atoms with Crippen molar-refractivity contribution in [2.75, 3.05) is 19.5 Å². The number of nitrogens with zero attached hydrogens (tertiary/aromatic N) is 2. The molecule has 0 saturated heterocycles. The normalized spacial score (nSPS) is 17.0. The van der Waals surface area contributed by atoms with Gasteiger partial charge in [0.2, 0.25) is 11.7 Å². The molecule has 134 valence electrons. The van der Waals surface area contributed by atoms with E-state index in [4.69, 9.17) is 9.47 Å². The zero-order chi connectivity index (χ0) is 18.4. The first kappa shape index (κ1) is 17.1. The molecule has 1 unspecified atom stereocenters. The third-order valence-electron chi connectivity index (χ3n) is 4.36. The van der Waals surface area contributed by atoms with E-state index in [-0.39, 0.29) is 23.1 Å². The summed E-state index contributed by atoms with van der Waals surface area (Å²) in [6.07, 6.45) is 2.08. The van der Waals surface area contributed by atoms with E-state index in [1.54, 1.807) is 18.3 Å². The molecule has 25 heavy (non-hydrogen) atoms. The van der Waals surface area contributed by atoms with Crippen molar-refractivity contribution in [1.82, 2.24) is 9.78 Å². The lowest BCUT2D eigenvalue weighted by atomic mass is 9.87. The molecule has 1 aromatic carbocycles. The highest BCUT2D eigenvalue weighted by atomic mass is 16.5. The number of carbonyl (C=O) groups excluding carboxylic acids is 1. The highest BCUT2D eigenvalue weighted by molar-refractivity contribution is 5.94. The van der Waals surface area contributed by atoms with Gasteiger partial charge < -0.3 is 19.9 Å². The number of aromatic nitrogens is 2. The molecule has 2 heterocycles. The van der Waals surface area contributed by atoms with Gasteiger partial charge in [0.1, 0.15) is 5.82 Å². The van der Waals surface area contributed by atoms with Crippen molar-refractivity contribution in [1.29, 1.82) is 0 Å². The third kappa shape index (κ3) is 2.90. The molecule has 1 atom stereocenters. The van der Waals surface area contributed by atoms with E-state index in [0.717, 1.165) is 11.1 Å². The van der Waals surface area contributed by atoms with Crippen LogP contribution < -0.4 is 14.8 Å². The Hall–Kier alpha value is -2.70. The van der Waals surface area contributed by atoms with E-state index in [1.165, 1.54) is 14.2 Å². The Balaban J connectivity index is 2.14. The SMILES string of the molecule is COc1cc(C2CC(=O)Nc3c2cnn3C(C)(C)C)cc(OC)c1O. The maximum Gasteiger partial charge on any atom is 0.226 e. The number of hydrogen-bond acceptors (Lipinski definition) is 5. The first-order valence-electron chi connectivity index (χ1n) is 8.09. The standard InChI is InChI=1S/C18H23N3O4/c1-18(2,3)21-17-12(9-19-21)11(8-15(22)20-17)10-6-13(24-4)16(23)14(7-10)25-5/h6-7,9,11,23H,8H2,1-5H3,(H,20,22). The Bertz CT molecular complexity index is 795. The molecule has 1 amide bonds. The molecule has 1 aliphatic heterocycles. The van der Waals surface area contributed by atoms with E-state index >= 15 is 0 Å². The summed E-state index contributed by atoms with van der Waals surface area (Å²) in [4.78, 5) is 12.3. The summed E-state index contributed by atoms with van der Waals surface area (Å²) in [6, 6.07) is 3.47. The fraction of sp³-hybridized carbons (Fsp3) is 0.444. The number of nitrogens with one attached hydrogen (secondary N) is 1. The fourth-order valence-electron chi connectivity index (χ4n) is 3.14. The Morgan fingerprint density at radius 3 is 2.36 bits per heavy atom. The van der Waals surface area contributed by atoms with Crippen LogP contribution in [0.1, 0.15) is 44.2 Å². The van der Waals surface area contributed by atoms with Crippen LogP contribution in [0.15, 0.2) is 18.3 Å². The molecular formula is C18H23N3O4. The average molecular weight is 345 g/mol. The van der Waals surface area contributed by atoms with Gasteiger partial charge in [0.25, 0.3) is 0 Å². The molecule has 2 aromatic rings. The second kappa shape index (κ2) is 5.98. The topological polar surface area (TPSA) is 85.6 Å². The van der Waals surface area contributed by atoms with Crippen LogP contribution >= 0.6 is 0 Å². The fourth-order valence-corrected chi connectivity index (χ4v) is 3.14. The van der Waals surface area contributed by atoms with Gasteiger partial charge >= 0.3 is 0 Å². The molecule has 0 saturated carbocycles. The van der Waals surface area contributed by atoms with Crippen LogP contribution in [0.5, 0.6) is 17.2 Å². The zero-order valence-electron chi connectivity index (χ0n) is 15.1. The lowest BCUT2D eigenvalue weighted by Crippen LogP contribution is -2.30. The number of fused-ring (bicyclic) bond motifs is 1. The van der Waals surface area contributed by atoms with Crippen LogP contribution in [0.25, 0.3) is 0 Å². The maximum absolute atomic E-state index is 12.3. The highest BCUT2D eigenvalue weighted by Gasteiger charge is 2.33. The summed E-state index contributed by atoms with van der Waals surface area (Å²) in [5.74, 6) is 1.01. The number of aromatic hydroxyl groups is 1. The van der Waals surface area contributed by atoms with Crippen LogP contribution in [0.4, 0.5) is 5.82 Å². The van der Waals surface area contributed by atoms with Gasteiger partial charge in [-0.3, -0.25) is 4.79 Å². The Morgan fingerprint density at radius 2 is 1.84 bits per heavy atom. The van der Waals surface area contributed by atoms with Crippen molar-refractivity contribution >= 4 is 11.7 Å². The number of amides is 1. The van der Waals surface area contributed by atoms with Gasteiger partial charge in [-0.05, 0) is 38.5 Å². The van der Waals surface area contributed by atoms with Gasteiger partial charge in [-0.1, -0.05) is 0 Å². The van der Waals surface area contributed by atoms with Crippen molar-refractivity contribution < 1.29 is 19.4 Å². The molecule has 2 N–H and O–H groups in total. The molecule has 3 rings (SSSR count). The molecule has 1 aromatic heterocycles. The van der Waals surface area contributed by atoms with E-state index in [0.29, 0.717) is 23.7 Å². The summed E-state index contributed by atoms with van der Waals surface area (Å²) < 4.78 is 12.3. The van der Waals surface area contributed by atoms with Crippen molar-refractivity contribution in [2.24, 2.45) is 0 Å².